The summed E-state index contributed by atoms with van der Waals surface area (Å²) in [5.74, 6) is -2.41. The molecule has 252 valence electrons. The van der Waals surface area contributed by atoms with E-state index in [1.807, 2.05) is 29.2 Å². The largest absolute Gasteiger partial charge is 0.373 e. The maximum atomic E-state index is 14.3. The molecule has 0 radical (unpaired) electrons. The predicted octanol–water partition coefficient (Wildman–Crippen LogP) is 6.66. The van der Waals surface area contributed by atoms with Crippen molar-refractivity contribution >= 4 is 29.2 Å². The van der Waals surface area contributed by atoms with Gasteiger partial charge >= 0.3 is 6.03 Å². The normalized spacial score (nSPS) is 14.0. The minimum Gasteiger partial charge on any atom is -0.373 e. The van der Waals surface area contributed by atoms with Crippen LogP contribution >= 0.6 is 0 Å². The van der Waals surface area contributed by atoms with Crippen molar-refractivity contribution in [1.82, 2.24) is 19.6 Å². The smallest absolute Gasteiger partial charge is 0.323 e. The summed E-state index contributed by atoms with van der Waals surface area (Å²) in [6.07, 6.45) is 2.76. The van der Waals surface area contributed by atoms with E-state index in [4.69, 9.17) is 0 Å². The quantitative estimate of drug-likeness (QED) is 0.167. The number of hydrogen-bond acceptors (Lipinski definition) is 5. The van der Waals surface area contributed by atoms with Crippen LogP contribution < -0.4 is 10.6 Å². The van der Waals surface area contributed by atoms with Gasteiger partial charge in [0.15, 0.2) is 5.69 Å². The number of carbonyl (C=O) groups excluding carboxylic acids is 3. The van der Waals surface area contributed by atoms with Gasteiger partial charge in [-0.1, -0.05) is 51.0 Å². The number of fused-ring (bicyclic) bond motifs is 1. The number of carbonyl (C=O) groups is 3. The first-order valence-corrected chi connectivity index (χ1v) is 16.2. The fourth-order valence-electron chi connectivity index (χ4n) is 5.76. The van der Waals surface area contributed by atoms with Gasteiger partial charge in [-0.2, -0.15) is 5.10 Å². The summed E-state index contributed by atoms with van der Waals surface area (Å²) in [6.45, 7) is 7.31. The van der Waals surface area contributed by atoms with Crippen molar-refractivity contribution in [3.05, 3.63) is 106 Å². The van der Waals surface area contributed by atoms with Crippen molar-refractivity contribution in [2.45, 2.75) is 65.6 Å². The Morgan fingerprint density at radius 2 is 1.54 bits per heavy atom. The number of nitrogens with zero attached hydrogens (tertiary/aromatic N) is 4. The molecule has 1 aliphatic heterocycles. The predicted molar refractivity (Wildman–Crippen MR) is 179 cm³/mol. The minimum absolute atomic E-state index is 0.0932. The molecule has 1 atom stereocenters. The molecule has 3 aromatic carbocycles. The molecule has 12 heteroatoms. The van der Waals surface area contributed by atoms with Crippen molar-refractivity contribution < 1.29 is 28.3 Å². The number of aliphatic hydroxyl groups excluding tert-OH is 1. The Morgan fingerprint density at radius 3 is 2.21 bits per heavy atom. The highest BCUT2D eigenvalue weighted by molar-refractivity contribution is 6.03. The second-order valence-corrected chi connectivity index (χ2v) is 11.9. The van der Waals surface area contributed by atoms with Gasteiger partial charge in [-0.05, 0) is 67.3 Å². The van der Waals surface area contributed by atoms with Gasteiger partial charge in [0.05, 0.1) is 11.3 Å². The Labute approximate surface area is 278 Å². The van der Waals surface area contributed by atoms with Gasteiger partial charge in [-0.3, -0.25) is 9.59 Å². The number of halogens is 2. The first-order chi connectivity index (χ1) is 23.1. The third-order valence-electron chi connectivity index (χ3n) is 8.27. The Kier molecular flexibility index (Phi) is 10.8. The molecule has 10 nitrogen and oxygen atoms in total. The second kappa shape index (κ2) is 15.2. The van der Waals surface area contributed by atoms with Crippen LogP contribution in [0.5, 0.6) is 0 Å². The molecule has 0 spiro atoms. The first kappa shape index (κ1) is 34.2. The maximum Gasteiger partial charge on any atom is 0.323 e. The number of aryl methyl sites for hydroxylation is 1. The van der Waals surface area contributed by atoms with Crippen LogP contribution in [0.1, 0.15) is 77.2 Å². The van der Waals surface area contributed by atoms with Gasteiger partial charge in [-0.15, -0.1) is 0 Å². The highest BCUT2D eigenvalue weighted by atomic mass is 19.1. The van der Waals surface area contributed by atoms with Crippen LogP contribution in [-0.2, 0) is 13.0 Å². The number of unbranched alkanes of at least 4 members (excludes halogenated alkanes) is 2. The molecule has 1 unspecified atom stereocenters. The Balaban J connectivity index is 1.50. The van der Waals surface area contributed by atoms with Crippen LogP contribution in [-0.4, -0.2) is 61.8 Å². The van der Waals surface area contributed by atoms with Gasteiger partial charge in [0.1, 0.15) is 17.9 Å². The minimum atomic E-state index is -1.11. The topological polar surface area (TPSA) is 120 Å². The Morgan fingerprint density at radius 1 is 0.896 bits per heavy atom. The molecule has 0 saturated heterocycles. The molecule has 3 N–H and O–H groups in total. The SMILES string of the molecule is CCCCN(CCCC)C(=O)c1cc(C)n(-c2ccc(NC(=O)Nc3cc(F)cc(F)c3)cc2C(=O)N2Cc3ccccc3CC2O)n1. The number of aliphatic hydroxyl groups is 1. The van der Waals surface area contributed by atoms with E-state index in [-0.39, 0.29) is 41.5 Å². The van der Waals surface area contributed by atoms with Crippen LogP contribution in [0.25, 0.3) is 5.69 Å². The van der Waals surface area contributed by atoms with E-state index in [0.717, 1.165) is 48.9 Å². The standard InChI is InChI=1S/C36H40F2N6O4/c1-4-6-14-42(15-7-5-2)35(47)31-16-23(3)44(41-31)32-13-12-28(39-36(48)40-29-19-26(37)18-27(38)20-29)21-30(32)34(46)43-22-25-11-9-8-10-24(25)17-33(43)45/h8-13,16,18-21,33,45H,4-7,14-15,17,22H2,1-3H3,(H2,39,40,48). The monoisotopic (exact) mass is 658 g/mol. The highest BCUT2D eigenvalue weighted by Gasteiger charge is 2.31. The number of rotatable bonds is 11. The molecule has 48 heavy (non-hydrogen) atoms. The molecular formula is C36H40F2N6O4. The molecule has 0 fully saturated rings. The number of aromatic nitrogens is 2. The van der Waals surface area contributed by atoms with Gasteiger partial charge in [-0.25, -0.2) is 18.3 Å². The van der Waals surface area contributed by atoms with Crippen LogP contribution in [0.15, 0.2) is 66.7 Å². The van der Waals surface area contributed by atoms with E-state index >= 15 is 0 Å². The molecule has 4 amide bonds. The third-order valence-corrected chi connectivity index (χ3v) is 8.27. The zero-order valence-corrected chi connectivity index (χ0v) is 27.3. The summed E-state index contributed by atoms with van der Waals surface area (Å²) in [7, 11) is 0. The average Bonchev–Trinajstić information content (AvgIpc) is 3.44. The lowest BCUT2D eigenvalue weighted by Gasteiger charge is -2.34. The zero-order valence-electron chi connectivity index (χ0n) is 27.3. The number of urea groups is 1. The van der Waals surface area contributed by atoms with Crippen molar-refractivity contribution in [3.63, 3.8) is 0 Å². The fraction of sp³-hybridized carbons (Fsp3) is 0.333. The lowest BCUT2D eigenvalue weighted by atomic mass is 9.97. The summed E-state index contributed by atoms with van der Waals surface area (Å²) in [5.41, 5.74) is 3.26. The van der Waals surface area contributed by atoms with Gasteiger partial charge in [0.25, 0.3) is 11.8 Å². The molecule has 5 rings (SSSR count). The molecule has 2 heterocycles. The van der Waals surface area contributed by atoms with Gasteiger partial charge in [0.2, 0.25) is 0 Å². The number of hydrogen-bond donors (Lipinski definition) is 3. The molecule has 4 aromatic rings. The summed E-state index contributed by atoms with van der Waals surface area (Å²) < 4.78 is 28.9. The molecular weight excluding hydrogens is 618 g/mol. The van der Waals surface area contributed by atoms with Crippen LogP contribution in [0.3, 0.4) is 0 Å². The lowest BCUT2D eigenvalue weighted by molar-refractivity contribution is -0.00172. The van der Waals surface area contributed by atoms with E-state index in [9.17, 15) is 28.3 Å². The molecule has 0 saturated carbocycles. The average molecular weight is 659 g/mol. The van der Waals surface area contributed by atoms with Crippen molar-refractivity contribution in [2.24, 2.45) is 0 Å². The second-order valence-electron chi connectivity index (χ2n) is 11.9. The van der Waals surface area contributed by atoms with Crippen molar-refractivity contribution in [2.75, 3.05) is 23.7 Å². The number of amides is 4. The van der Waals surface area contributed by atoms with Crippen LogP contribution in [0.4, 0.5) is 25.0 Å². The van der Waals surface area contributed by atoms with Gasteiger partial charge in [0, 0.05) is 49.2 Å². The number of anilines is 2. The third kappa shape index (κ3) is 7.88. The first-order valence-electron chi connectivity index (χ1n) is 16.2. The summed E-state index contributed by atoms with van der Waals surface area (Å²) in [4.78, 5) is 43.8. The number of nitrogens with one attached hydrogen (secondary N) is 2. The Bertz CT molecular complexity index is 1780. The summed E-state index contributed by atoms with van der Waals surface area (Å²) in [6, 6.07) is 15.7. The van der Waals surface area contributed by atoms with Crippen LogP contribution in [0, 0.1) is 18.6 Å². The molecule has 1 aromatic heterocycles. The van der Waals surface area contributed by atoms with Crippen LogP contribution in [0.2, 0.25) is 0 Å². The molecule has 0 bridgehead atoms. The number of benzene rings is 3. The Hall–Kier alpha value is -5.10. The highest BCUT2D eigenvalue weighted by Crippen LogP contribution is 2.28. The fourth-order valence-corrected chi connectivity index (χ4v) is 5.76. The van der Waals surface area contributed by atoms with Crippen molar-refractivity contribution in [3.8, 4) is 5.69 Å². The summed E-state index contributed by atoms with van der Waals surface area (Å²) >= 11 is 0. The van der Waals surface area contributed by atoms with E-state index in [2.05, 4.69) is 29.6 Å². The van der Waals surface area contributed by atoms with Crippen molar-refractivity contribution in [1.29, 1.82) is 0 Å². The molecule has 0 aliphatic carbocycles. The van der Waals surface area contributed by atoms with Gasteiger partial charge < -0.3 is 25.5 Å². The maximum absolute atomic E-state index is 14.3. The van der Waals surface area contributed by atoms with E-state index in [1.165, 1.54) is 15.6 Å². The molecule has 1 aliphatic rings. The summed E-state index contributed by atoms with van der Waals surface area (Å²) in [5, 5.41) is 20.7. The lowest BCUT2D eigenvalue weighted by Crippen LogP contribution is -2.44. The zero-order chi connectivity index (χ0) is 34.4. The van der Waals surface area contributed by atoms with E-state index in [0.29, 0.717) is 30.5 Å². The van der Waals surface area contributed by atoms with E-state index < -0.39 is 29.8 Å². The van der Waals surface area contributed by atoms with E-state index in [1.54, 1.807) is 25.1 Å².